The molecule has 1 aliphatic rings. The van der Waals surface area contributed by atoms with E-state index in [1.165, 1.54) is 30.6 Å². The van der Waals surface area contributed by atoms with Gasteiger partial charge in [-0.25, -0.2) is 4.98 Å². The van der Waals surface area contributed by atoms with Gasteiger partial charge in [-0.3, -0.25) is 9.69 Å². The summed E-state index contributed by atoms with van der Waals surface area (Å²) in [7, 11) is 0. The van der Waals surface area contributed by atoms with Crippen LogP contribution in [0.25, 0.3) is 21.3 Å². The molecule has 2 aromatic heterocycles. The van der Waals surface area contributed by atoms with Crippen molar-refractivity contribution in [2.45, 2.75) is 38.8 Å². The Labute approximate surface area is 155 Å². The molecule has 1 atom stereocenters. The number of hydrogen-bond acceptors (Lipinski definition) is 4. The van der Waals surface area contributed by atoms with E-state index in [4.69, 9.17) is 16.6 Å². The number of aromatic nitrogens is 2. The summed E-state index contributed by atoms with van der Waals surface area (Å²) >= 11 is 7.49. The summed E-state index contributed by atoms with van der Waals surface area (Å²) in [6.45, 7) is 4.03. The highest BCUT2D eigenvalue weighted by Gasteiger charge is 2.20. The van der Waals surface area contributed by atoms with Crippen LogP contribution in [0.5, 0.6) is 0 Å². The van der Waals surface area contributed by atoms with Crippen LogP contribution in [-0.4, -0.2) is 27.5 Å². The average molecular weight is 374 g/mol. The number of piperidine rings is 1. The molecule has 4 nitrogen and oxygen atoms in total. The Balaban J connectivity index is 1.69. The van der Waals surface area contributed by atoms with E-state index in [-0.39, 0.29) is 5.56 Å². The number of fused-ring (bicyclic) bond motifs is 1. The van der Waals surface area contributed by atoms with Gasteiger partial charge in [0.1, 0.15) is 10.7 Å². The number of likely N-dealkylation sites (tertiary alicyclic amines) is 1. The minimum absolute atomic E-state index is 0.0594. The summed E-state index contributed by atoms with van der Waals surface area (Å²) in [5.41, 5.74) is 1.85. The molecule has 0 unspecified atom stereocenters. The molecule has 6 heteroatoms. The predicted molar refractivity (Wildman–Crippen MR) is 104 cm³/mol. The second-order valence-corrected chi connectivity index (χ2v) is 7.96. The monoisotopic (exact) mass is 373 g/mol. The first-order valence-electron chi connectivity index (χ1n) is 8.62. The molecule has 1 fully saturated rings. The lowest BCUT2D eigenvalue weighted by Crippen LogP contribution is -2.37. The fourth-order valence-electron chi connectivity index (χ4n) is 3.50. The Morgan fingerprint density at radius 3 is 2.88 bits per heavy atom. The molecular formula is C19H20ClN3OS. The number of benzene rings is 1. The Morgan fingerprint density at radius 1 is 1.32 bits per heavy atom. The molecule has 0 radical (unpaired) electrons. The molecule has 0 saturated carbocycles. The maximum absolute atomic E-state index is 12.7. The van der Waals surface area contributed by atoms with Crippen LogP contribution in [0.1, 0.15) is 32.0 Å². The maximum Gasteiger partial charge on any atom is 0.260 e. The fraction of sp³-hybridized carbons (Fsp3) is 0.368. The quantitative estimate of drug-likeness (QED) is 0.725. The van der Waals surface area contributed by atoms with Crippen molar-refractivity contribution in [1.29, 1.82) is 0 Å². The molecule has 1 aromatic carbocycles. The van der Waals surface area contributed by atoms with Gasteiger partial charge in [0, 0.05) is 22.0 Å². The summed E-state index contributed by atoms with van der Waals surface area (Å²) in [6.07, 6.45) is 3.72. The third-order valence-corrected chi connectivity index (χ3v) is 6.07. The van der Waals surface area contributed by atoms with Gasteiger partial charge >= 0.3 is 0 Å². The minimum Gasteiger partial charge on any atom is -0.309 e. The van der Waals surface area contributed by atoms with Crippen LogP contribution >= 0.6 is 22.9 Å². The van der Waals surface area contributed by atoms with Crippen LogP contribution in [0.4, 0.5) is 0 Å². The average Bonchev–Trinajstić information content (AvgIpc) is 3.02. The minimum atomic E-state index is -0.0594. The van der Waals surface area contributed by atoms with E-state index >= 15 is 0 Å². The third kappa shape index (κ3) is 3.36. The molecule has 25 heavy (non-hydrogen) atoms. The zero-order valence-electron chi connectivity index (χ0n) is 14.1. The summed E-state index contributed by atoms with van der Waals surface area (Å²) < 4.78 is 0. The van der Waals surface area contributed by atoms with Gasteiger partial charge in [0.15, 0.2) is 0 Å². The van der Waals surface area contributed by atoms with Gasteiger partial charge in [-0.2, -0.15) is 0 Å². The van der Waals surface area contributed by atoms with E-state index in [1.54, 1.807) is 0 Å². The van der Waals surface area contributed by atoms with Crippen LogP contribution in [0, 0.1) is 0 Å². The first-order chi connectivity index (χ1) is 12.1. The maximum atomic E-state index is 12.7. The molecule has 3 aromatic rings. The number of halogens is 1. The van der Waals surface area contributed by atoms with Crippen LogP contribution in [0.3, 0.4) is 0 Å². The van der Waals surface area contributed by atoms with E-state index in [2.05, 4.69) is 16.8 Å². The van der Waals surface area contributed by atoms with Gasteiger partial charge in [-0.1, -0.05) is 30.2 Å². The van der Waals surface area contributed by atoms with E-state index < -0.39 is 0 Å². The lowest BCUT2D eigenvalue weighted by molar-refractivity contribution is 0.149. The van der Waals surface area contributed by atoms with Gasteiger partial charge in [-0.05, 0) is 44.0 Å². The van der Waals surface area contributed by atoms with E-state index in [9.17, 15) is 4.79 Å². The molecule has 1 saturated heterocycles. The van der Waals surface area contributed by atoms with Crippen LogP contribution in [0.15, 0.2) is 34.4 Å². The molecule has 1 aliphatic heterocycles. The van der Waals surface area contributed by atoms with Gasteiger partial charge in [-0.15, -0.1) is 11.3 Å². The first-order valence-corrected chi connectivity index (χ1v) is 9.88. The summed E-state index contributed by atoms with van der Waals surface area (Å²) in [5, 5.41) is 3.36. The summed E-state index contributed by atoms with van der Waals surface area (Å²) in [5.74, 6) is 0.760. The van der Waals surface area contributed by atoms with Gasteiger partial charge in [0.2, 0.25) is 0 Å². The largest absolute Gasteiger partial charge is 0.309 e. The number of nitrogens with one attached hydrogen (secondary N) is 1. The molecule has 0 spiro atoms. The zero-order valence-corrected chi connectivity index (χ0v) is 15.7. The predicted octanol–water partition coefficient (Wildman–Crippen LogP) is 4.68. The molecule has 3 heterocycles. The summed E-state index contributed by atoms with van der Waals surface area (Å²) in [4.78, 5) is 23.6. The van der Waals surface area contributed by atoms with E-state index in [0.717, 1.165) is 28.3 Å². The normalized spacial score (nSPS) is 18.7. The van der Waals surface area contributed by atoms with Crippen LogP contribution in [0.2, 0.25) is 5.02 Å². The van der Waals surface area contributed by atoms with Crippen molar-refractivity contribution in [2.75, 3.05) is 6.54 Å². The van der Waals surface area contributed by atoms with Crippen molar-refractivity contribution in [2.24, 2.45) is 0 Å². The second-order valence-electron chi connectivity index (χ2n) is 6.66. The number of thiophene rings is 1. The van der Waals surface area contributed by atoms with Crippen molar-refractivity contribution < 1.29 is 0 Å². The topological polar surface area (TPSA) is 49.0 Å². The van der Waals surface area contributed by atoms with E-state index in [1.807, 2.05) is 29.6 Å². The molecule has 4 rings (SSSR count). The van der Waals surface area contributed by atoms with E-state index in [0.29, 0.717) is 23.0 Å². The Hall–Kier alpha value is -1.69. The fourth-order valence-corrected chi connectivity index (χ4v) is 4.59. The molecule has 1 N–H and O–H groups in total. The lowest BCUT2D eigenvalue weighted by atomic mass is 10.0. The number of H-pyrrole nitrogens is 1. The summed E-state index contributed by atoms with van der Waals surface area (Å²) in [6, 6.07) is 8.10. The number of aromatic amines is 1. The van der Waals surface area contributed by atoms with Crippen molar-refractivity contribution in [3.8, 4) is 11.1 Å². The van der Waals surface area contributed by atoms with Crippen molar-refractivity contribution in [3.05, 3.63) is 50.8 Å². The highest BCUT2D eigenvalue weighted by molar-refractivity contribution is 7.17. The smallest absolute Gasteiger partial charge is 0.260 e. The Bertz CT molecular complexity index is 947. The zero-order chi connectivity index (χ0) is 17.4. The lowest BCUT2D eigenvalue weighted by Gasteiger charge is -2.32. The van der Waals surface area contributed by atoms with Crippen molar-refractivity contribution in [1.82, 2.24) is 14.9 Å². The van der Waals surface area contributed by atoms with Gasteiger partial charge in [0.05, 0.1) is 11.9 Å². The first kappa shape index (κ1) is 16.8. The highest BCUT2D eigenvalue weighted by atomic mass is 35.5. The molecule has 0 aliphatic carbocycles. The van der Waals surface area contributed by atoms with Crippen LogP contribution < -0.4 is 5.56 Å². The molecular weight excluding hydrogens is 354 g/mol. The standard InChI is InChI=1S/C19H20ClN3OS/c1-12-4-2-3-9-23(12)10-16-21-18(24)17-15(11-25-19(17)22-16)13-5-7-14(20)8-6-13/h5-8,11-12H,2-4,9-10H2,1H3,(H,21,22,24)/t12-/m1/s1. The number of nitrogens with zero attached hydrogens (tertiary/aromatic N) is 2. The van der Waals surface area contributed by atoms with Crippen molar-refractivity contribution >= 4 is 33.2 Å². The number of hydrogen-bond donors (Lipinski definition) is 1. The molecule has 0 bridgehead atoms. The van der Waals surface area contributed by atoms with Gasteiger partial charge < -0.3 is 4.98 Å². The highest BCUT2D eigenvalue weighted by Crippen LogP contribution is 2.31. The van der Waals surface area contributed by atoms with Crippen molar-refractivity contribution in [3.63, 3.8) is 0 Å². The Morgan fingerprint density at radius 2 is 2.12 bits per heavy atom. The Kier molecular flexibility index (Phi) is 4.63. The number of rotatable bonds is 3. The molecule has 130 valence electrons. The van der Waals surface area contributed by atoms with Crippen LogP contribution in [-0.2, 0) is 6.54 Å². The SMILES string of the molecule is C[C@@H]1CCCCN1Cc1nc2scc(-c3ccc(Cl)cc3)c2c(=O)[nH]1. The van der Waals surface area contributed by atoms with Gasteiger partial charge in [0.25, 0.3) is 5.56 Å². The third-order valence-electron chi connectivity index (χ3n) is 4.94. The second kappa shape index (κ2) is 6.90. The molecule has 0 amide bonds.